The van der Waals surface area contributed by atoms with Crippen LogP contribution in [0.2, 0.25) is 0 Å². The van der Waals surface area contributed by atoms with Gasteiger partial charge in [-0.25, -0.2) is 0 Å². The van der Waals surface area contributed by atoms with E-state index in [1.165, 1.54) is 6.21 Å². The zero-order valence-electron chi connectivity index (χ0n) is 22.5. The summed E-state index contributed by atoms with van der Waals surface area (Å²) in [6, 6.07) is 3.82. The first-order valence-corrected chi connectivity index (χ1v) is 12.9. The maximum atomic E-state index is 13.8. The lowest BCUT2D eigenvalue weighted by Gasteiger charge is -2.39. The van der Waals surface area contributed by atoms with Gasteiger partial charge >= 0.3 is 0 Å². The number of fused-ring (bicyclic) bond motifs is 3. The van der Waals surface area contributed by atoms with E-state index in [-0.39, 0.29) is 19.3 Å². The summed E-state index contributed by atoms with van der Waals surface area (Å²) in [5.74, 6) is 0.760. The summed E-state index contributed by atoms with van der Waals surface area (Å²) in [5.41, 5.74) is 5.48. The number of nitrogens with zero attached hydrogens (tertiary/aromatic N) is 2. The first-order chi connectivity index (χ1) is 17.4. The molecule has 36 heavy (non-hydrogen) atoms. The molecule has 5 heteroatoms. The predicted molar refractivity (Wildman–Crippen MR) is 154 cm³/mol. The molecule has 5 nitrogen and oxygen atoms in total. The lowest BCUT2D eigenvalue weighted by molar-refractivity contribution is -0.123. The van der Waals surface area contributed by atoms with E-state index < -0.39 is 0 Å². The fourth-order valence-corrected chi connectivity index (χ4v) is 4.71. The lowest BCUT2D eigenvalue weighted by Crippen LogP contribution is -2.47. The number of pyridine rings is 1. The van der Waals surface area contributed by atoms with E-state index in [0.29, 0.717) is 12.2 Å². The number of allylic oxidation sites excluding steroid dienone is 7. The highest BCUT2D eigenvalue weighted by Crippen LogP contribution is 2.42. The zero-order chi connectivity index (χ0) is 26.2. The molecule has 2 atom stereocenters. The van der Waals surface area contributed by atoms with Crippen molar-refractivity contribution in [3.8, 4) is 5.75 Å². The number of methoxy groups -OCH3 is 1. The van der Waals surface area contributed by atoms with Crippen molar-refractivity contribution in [3.63, 3.8) is 0 Å². The Hall–Kier alpha value is -3.47. The summed E-state index contributed by atoms with van der Waals surface area (Å²) in [6.07, 6.45) is 19.2. The van der Waals surface area contributed by atoms with Gasteiger partial charge in [0.1, 0.15) is 5.75 Å². The Balaban J connectivity index is 0.00000481. The second-order valence-corrected chi connectivity index (χ2v) is 9.30. The highest BCUT2D eigenvalue weighted by molar-refractivity contribution is 6.12. The largest absolute Gasteiger partial charge is 0.496 e. The Bertz CT molecular complexity index is 1240. The Kier molecular flexibility index (Phi) is 9.40. The Morgan fingerprint density at radius 2 is 2.08 bits per heavy atom. The van der Waals surface area contributed by atoms with Gasteiger partial charge in [-0.3, -0.25) is 9.78 Å². The van der Waals surface area contributed by atoms with Gasteiger partial charge in [0.15, 0.2) is 0 Å². The number of benzene rings is 1. The summed E-state index contributed by atoms with van der Waals surface area (Å²) in [6.45, 7) is 10.3. The molecule has 0 saturated carbocycles. The van der Waals surface area contributed by atoms with Gasteiger partial charge < -0.3 is 15.0 Å². The molecule has 0 aliphatic carbocycles. The van der Waals surface area contributed by atoms with Crippen LogP contribution in [0, 0.1) is 11.3 Å². The van der Waals surface area contributed by atoms with E-state index in [2.05, 4.69) is 45.9 Å². The number of aromatic nitrogens is 1. The molecule has 0 fully saturated rings. The SMILES string of the molecule is C/C=C(\C=N)c1cc2ncc3c(c2cc1OC)N([C@H](C)/C(C)=C/C=C\C=CCCC)C(=O)C(CC)C3.[HH]. The van der Waals surface area contributed by atoms with Crippen molar-refractivity contribution < 1.29 is 11.0 Å². The molecule has 0 bridgehead atoms. The number of unbranched alkanes of at least 4 members (excludes halogenated alkanes) is 1. The van der Waals surface area contributed by atoms with Crippen molar-refractivity contribution in [2.24, 2.45) is 5.92 Å². The fourth-order valence-electron chi connectivity index (χ4n) is 4.71. The average molecular weight is 488 g/mol. The second-order valence-electron chi connectivity index (χ2n) is 9.30. The number of rotatable bonds is 10. The molecule has 0 radical (unpaired) electrons. The predicted octanol–water partition coefficient (Wildman–Crippen LogP) is 7.70. The van der Waals surface area contributed by atoms with Crippen molar-refractivity contribution in [1.29, 1.82) is 5.41 Å². The van der Waals surface area contributed by atoms with Crippen molar-refractivity contribution in [2.75, 3.05) is 12.0 Å². The number of hydrogen-bond acceptors (Lipinski definition) is 4. The smallest absolute Gasteiger partial charge is 0.231 e. The van der Waals surface area contributed by atoms with E-state index >= 15 is 0 Å². The van der Waals surface area contributed by atoms with Crippen LogP contribution in [0.25, 0.3) is 16.5 Å². The normalized spacial score (nSPS) is 17.8. The van der Waals surface area contributed by atoms with Crippen LogP contribution >= 0.6 is 0 Å². The standard InChI is InChI=1S/C31H39N3O2.H2/c1-7-10-11-12-13-14-15-21(4)22(5)34-30-25(16-23(8-2)31(34)35)20-33-28-17-26(24(9-3)19-32)29(36-6)18-27(28)30;/h9,11-15,17-20,22-23,32H,7-8,10,16H2,1-6H3;1H/b12-11?,14-13-,21-15+,24-9+,32-19?;/t22-,23?;/m1./s1. The van der Waals surface area contributed by atoms with Crippen molar-refractivity contribution in [3.05, 3.63) is 71.5 Å². The van der Waals surface area contributed by atoms with Crippen molar-refractivity contribution >= 4 is 34.3 Å². The molecular formula is C31H41N3O2. The molecule has 1 aromatic carbocycles. The zero-order valence-corrected chi connectivity index (χ0v) is 22.5. The monoisotopic (exact) mass is 487 g/mol. The topological polar surface area (TPSA) is 66.3 Å². The summed E-state index contributed by atoms with van der Waals surface area (Å²) in [7, 11) is 1.64. The number of nitrogens with one attached hydrogen (secondary N) is 1. The molecule has 2 heterocycles. The summed E-state index contributed by atoms with van der Waals surface area (Å²) < 4.78 is 5.73. The van der Waals surface area contributed by atoms with E-state index in [0.717, 1.165) is 58.1 Å². The second kappa shape index (κ2) is 12.5. The summed E-state index contributed by atoms with van der Waals surface area (Å²) >= 11 is 0. The number of hydrogen-bond donors (Lipinski definition) is 1. The Morgan fingerprint density at radius 3 is 2.72 bits per heavy atom. The van der Waals surface area contributed by atoms with Crippen LogP contribution in [-0.4, -0.2) is 30.3 Å². The highest BCUT2D eigenvalue weighted by atomic mass is 16.5. The quantitative estimate of drug-likeness (QED) is 0.276. The van der Waals surface area contributed by atoms with E-state index in [1.807, 2.05) is 48.4 Å². The molecule has 1 aliphatic heterocycles. The first kappa shape index (κ1) is 27.1. The van der Waals surface area contributed by atoms with Crippen LogP contribution in [0.4, 0.5) is 5.69 Å². The van der Waals surface area contributed by atoms with Crippen LogP contribution in [-0.2, 0) is 11.2 Å². The van der Waals surface area contributed by atoms with Gasteiger partial charge in [-0.05, 0) is 63.3 Å². The van der Waals surface area contributed by atoms with Gasteiger partial charge in [-0.1, -0.05) is 62.3 Å². The molecule has 1 aliphatic rings. The maximum Gasteiger partial charge on any atom is 0.231 e. The minimum atomic E-state index is -0.112. The van der Waals surface area contributed by atoms with Crippen LogP contribution in [0.15, 0.2) is 60.4 Å². The van der Waals surface area contributed by atoms with Crippen LogP contribution < -0.4 is 9.64 Å². The molecule has 1 amide bonds. The lowest BCUT2D eigenvalue weighted by atomic mass is 9.87. The van der Waals surface area contributed by atoms with E-state index in [9.17, 15) is 4.79 Å². The van der Waals surface area contributed by atoms with Gasteiger partial charge in [-0.15, -0.1) is 0 Å². The number of anilines is 1. The third-order valence-corrected chi connectivity index (χ3v) is 7.02. The molecule has 0 spiro atoms. The molecule has 3 rings (SSSR count). The third kappa shape index (κ3) is 5.51. The first-order valence-electron chi connectivity index (χ1n) is 12.9. The van der Waals surface area contributed by atoms with E-state index in [1.54, 1.807) is 7.11 Å². The molecular weight excluding hydrogens is 446 g/mol. The number of carbonyl (C=O) groups is 1. The minimum Gasteiger partial charge on any atom is -0.496 e. The minimum absolute atomic E-state index is 0. The molecule has 192 valence electrons. The fraction of sp³-hybridized carbons (Fsp3) is 0.387. The molecule has 1 aromatic heterocycles. The number of amides is 1. The summed E-state index contributed by atoms with van der Waals surface area (Å²) in [5, 5.41) is 8.70. The Morgan fingerprint density at radius 1 is 1.31 bits per heavy atom. The molecule has 2 aromatic rings. The van der Waals surface area contributed by atoms with Crippen LogP contribution in [0.3, 0.4) is 0 Å². The van der Waals surface area contributed by atoms with Crippen molar-refractivity contribution in [1.82, 2.24) is 4.98 Å². The van der Waals surface area contributed by atoms with Crippen molar-refractivity contribution in [2.45, 2.75) is 66.3 Å². The van der Waals surface area contributed by atoms with Gasteiger partial charge in [0.25, 0.3) is 0 Å². The summed E-state index contributed by atoms with van der Waals surface area (Å²) in [4.78, 5) is 20.5. The van der Waals surface area contributed by atoms with E-state index in [4.69, 9.17) is 15.1 Å². The van der Waals surface area contributed by atoms with Crippen LogP contribution in [0.1, 0.15) is 66.4 Å². The molecule has 1 N–H and O–H groups in total. The van der Waals surface area contributed by atoms with Gasteiger partial charge in [0, 0.05) is 30.7 Å². The van der Waals surface area contributed by atoms with Gasteiger partial charge in [0.05, 0.1) is 24.4 Å². The molecule has 1 unspecified atom stereocenters. The Labute approximate surface area is 217 Å². The van der Waals surface area contributed by atoms with Gasteiger partial charge in [0.2, 0.25) is 5.91 Å². The maximum absolute atomic E-state index is 13.8. The average Bonchev–Trinajstić information content (AvgIpc) is 2.89. The number of ether oxygens (including phenoxy) is 1. The third-order valence-electron chi connectivity index (χ3n) is 7.02. The van der Waals surface area contributed by atoms with Gasteiger partial charge in [-0.2, -0.15) is 0 Å². The molecule has 0 saturated heterocycles. The number of carbonyl (C=O) groups excluding carboxylic acids is 1. The highest BCUT2D eigenvalue weighted by Gasteiger charge is 2.36. The van der Waals surface area contributed by atoms with Crippen LogP contribution in [0.5, 0.6) is 5.75 Å².